The van der Waals surface area contributed by atoms with Crippen LogP contribution in [0.1, 0.15) is 15.9 Å². The van der Waals surface area contributed by atoms with Crippen LogP contribution in [-0.4, -0.2) is 32.1 Å². The zero-order chi connectivity index (χ0) is 16.2. The Morgan fingerprint density at radius 2 is 1.74 bits per heavy atom. The lowest BCUT2D eigenvalue weighted by atomic mass is 10.1. The average molecular weight is 331 g/mol. The van der Waals surface area contributed by atoms with Crippen molar-refractivity contribution in [3.8, 4) is 0 Å². The molecule has 4 nitrogen and oxygen atoms in total. The molecule has 0 amide bonds. The molecule has 0 aromatic heterocycles. The van der Waals surface area contributed by atoms with Crippen LogP contribution in [-0.2, 0) is 6.54 Å². The summed E-state index contributed by atoms with van der Waals surface area (Å²) < 4.78 is 0. The third-order valence-electron chi connectivity index (χ3n) is 4.33. The fourth-order valence-electron chi connectivity index (χ4n) is 3.07. The van der Waals surface area contributed by atoms with E-state index in [1.54, 1.807) is 12.1 Å². The van der Waals surface area contributed by atoms with E-state index in [9.17, 15) is 9.90 Å². The molecule has 1 fully saturated rings. The molecule has 2 aromatic carbocycles. The Morgan fingerprint density at radius 1 is 1.09 bits per heavy atom. The number of nitrogens with zero attached hydrogens (tertiary/aromatic N) is 1. The highest BCUT2D eigenvalue weighted by Crippen LogP contribution is 2.20. The van der Waals surface area contributed by atoms with E-state index in [0.717, 1.165) is 49.0 Å². The number of hydrogen-bond donors (Lipinski definition) is 1. The Hall–Kier alpha value is -2.04. The number of aromatic carboxylic acids is 1. The van der Waals surface area contributed by atoms with Crippen molar-refractivity contribution in [2.24, 2.45) is 0 Å². The van der Waals surface area contributed by atoms with Crippen LogP contribution in [0.3, 0.4) is 0 Å². The molecule has 2 aromatic rings. The first-order valence-corrected chi connectivity index (χ1v) is 8.15. The molecule has 0 atom stereocenters. The van der Waals surface area contributed by atoms with Crippen LogP contribution in [0.2, 0.25) is 5.02 Å². The Balaban J connectivity index is 1.65. The fourth-order valence-corrected chi connectivity index (χ4v) is 3.28. The maximum absolute atomic E-state index is 11.2. The zero-order valence-corrected chi connectivity index (χ0v) is 13.6. The van der Waals surface area contributed by atoms with Gasteiger partial charge >= 0.3 is 0 Å². The van der Waals surface area contributed by atoms with Crippen LogP contribution in [0.4, 0.5) is 5.69 Å². The van der Waals surface area contributed by atoms with E-state index < -0.39 is 5.97 Å². The van der Waals surface area contributed by atoms with Gasteiger partial charge in [-0.05, 0) is 12.1 Å². The molecule has 0 bridgehead atoms. The average Bonchev–Trinajstić information content (AvgIpc) is 2.58. The third kappa shape index (κ3) is 3.66. The molecule has 1 saturated heterocycles. The van der Waals surface area contributed by atoms with Gasteiger partial charge in [0.15, 0.2) is 0 Å². The second-order valence-corrected chi connectivity index (χ2v) is 6.22. The number of carbonyl (C=O) groups excluding carboxylic acids is 1. The fraction of sp³-hybridized carbons (Fsp3) is 0.278. The molecule has 1 aliphatic rings. The van der Waals surface area contributed by atoms with Gasteiger partial charge in [0, 0.05) is 21.8 Å². The van der Waals surface area contributed by atoms with Crippen LogP contribution in [0.25, 0.3) is 0 Å². The van der Waals surface area contributed by atoms with E-state index in [4.69, 9.17) is 11.6 Å². The molecule has 0 unspecified atom stereocenters. The molecule has 3 rings (SSSR count). The molecule has 1 heterocycles. The van der Waals surface area contributed by atoms with Crippen molar-refractivity contribution < 1.29 is 14.8 Å². The van der Waals surface area contributed by atoms with Gasteiger partial charge < -0.3 is 19.7 Å². The summed E-state index contributed by atoms with van der Waals surface area (Å²) in [5.74, 6) is -1.12. The number of hydrogen-bond acceptors (Lipinski definition) is 3. The number of nitrogens with one attached hydrogen (secondary N) is 1. The van der Waals surface area contributed by atoms with Crippen molar-refractivity contribution in [3.63, 3.8) is 0 Å². The summed E-state index contributed by atoms with van der Waals surface area (Å²) in [5, 5.41) is 12.1. The van der Waals surface area contributed by atoms with Crippen molar-refractivity contribution in [1.82, 2.24) is 0 Å². The van der Waals surface area contributed by atoms with E-state index in [-0.39, 0.29) is 5.56 Å². The number of benzene rings is 2. The van der Waals surface area contributed by atoms with Crippen molar-refractivity contribution in [3.05, 3.63) is 64.7 Å². The van der Waals surface area contributed by atoms with Crippen molar-refractivity contribution in [2.75, 3.05) is 31.1 Å². The number of anilines is 1. The minimum Gasteiger partial charge on any atom is -0.545 e. The van der Waals surface area contributed by atoms with Crippen LogP contribution in [0.15, 0.2) is 48.5 Å². The van der Waals surface area contributed by atoms with Crippen LogP contribution in [0, 0.1) is 0 Å². The van der Waals surface area contributed by atoms with E-state index in [0.29, 0.717) is 0 Å². The van der Waals surface area contributed by atoms with Crippen LogP contribution >= 0.6 is 11.6 Å². The number of piperazine rings is 1. The molecule has 0 radical (unpaired) electrons. The minimum absolute atomic E-state index is 0.266. The lowest BCUT2D eigenvalue weighted by molar-refractivity contribution is -0.914. The number of carboxylic acid groups (broad SMARTS) is 1. The summed E-state index contributed by atoms with van der Waals surface area (Å²) >= 11 is 6.23. The molecule has 1 N–H and O–H groups in total. The summed E-state index contributed by atoms with van der Waals surface area (Å²) in [6.07, 6.45) is 0. The molecule has 0 saturated carbocycles. The van der Waals surface area contributed by atoms with Gasteiger partial charge in [0.2, 0.25) is 0 Å². The Kier molecular flexibility index (Phi) is 4.84. The van der Waals surface area contributed by atoms with Crippen LogP contribution < -0.4 is 14.9 Å². The summed E-state index contributed by atoms with van der Waals surface area (Å²) in [6.45, 7) is 4.45. The lowest BCUT2D eigenvalue weighted by Crippen LogP contribution is -3.13. The van der Waals surface area contributed by atoms with E-state index >= 15 is 0 Å². The van der Waals surface area contributed by atoms with Gasteiger partial charge in [-0.1, -0.05) is 48.0 Å². The summed E-state index contributed by atoms with van der Waals surface area (Å²) in [6, 6.07) is 15.0. The summed E-state index contributed by atoms with van der Waals surface area (Å²) in [4.78, 5) is 14.8. The monoisotopic (exact) mass is 330 g/mol. The smallest absolute Gasteiger partial charge is 0.104 e. The van der Waals surface area contributed by atoms with E-state index in [2.05, 4.69) is 11.0 Å². The molecule has 23 heavy (non-hydrogen) atoms. The van der Waals surface area contributed by atoms with Gasteiger partial charge in [0.1, 0.15) is 6.54 Å². The highest BCUT2D eigenvalue weighted by atomic mass is 35.5. The maximum Gasteiger partial charge on any atom is 0.104 e. The largest absolute Gasteiger partial charge is 0.545 e. The van der Waals surface area contributed by atoms with E-state index in [1.165, 1.54) is 4.90 Å². The minimum atomic E-state index is -1.12. The topological polar surface area (TPSA) is 47.8 Å². The van der Waals surface area contributed by atoms with Gasteiger partial charge in [-0.3, -0.25) is 0 Å². The number of rotatable bonds is 4. The van der Waals surface area contributed by atoms with Gasteiger partial charge in [-0.2, -0.15) is 0 Å². The molecule has 0 aliphatic carbocycles. The SMILES string of the molecule is O=C([O-])c1ccccc1N1CC[NH+](Cc2ccccc2Cl)CC1. The lowest BCUT2D eigenvalue weighted by Gasteiger charge is -2.35. The zero-order valence-electron chi connectivity index (χ0n) is 12.8. The second kappa shape index (κ2) is 7.02. The van der Waals surface area contributed by atoms with Gasteiger partial charge in [0.25, 0.3) is 0 Å². The molecule has 1 aliphatic heterocycles. The molecule has 0 spiro atoms. The highest BCUT2D eigenvalue weighted by Gasteiger charge is 2.22. The molecular formula is C18H19ClN2O2. The van der Waals surface area contributed by atoms with Gasteiger partial charge in [-0.15, -0.1) is 0 Å². The number of para-hydroxylation sites is 1. The maximum atomic E-state index is 11.2. The Morgan fingerprint density at radius 3 is 2.43 bits per heavy atom. The molecule has 120 valence electrons. The number of carboxylic acids is 1. The van der Waals surface area contributed by atoms with Gasteiger partial charge in [0.05, 0.1) is 32.1 Å². The second-order valence-electron chi connectivity index (χ2n) is 5.81. The number of quaternary nitrogens is 1. The van der Waals surface area contributed by atoms with Crippen molar-refractivity contribution >= 4 is 23.3 Å². The first-order valence-electron chi connectivity index (χ1n) is 7.77. The first kappa shape index (κ1) is 15.8. The standard InChI is InChI=1S/C18H19ClN2O2/c19-16-7-3-1-5-14(16)13-20-9-11-21(12-10-20)17-8-4-2-6-15(17)18(22)23/h1-8H,9-13H2,(H,22,23). The van der Waals surface area contributed by atoms with Crippen molar-refractivity contribution in [2.45, 2.75) is 6.54 Å². The molecule has 5 heteroatoms. The molecular weight excluding hydrogens is 312 g/mol. The third-order valence-corrected chi connectivity index (χ3v) is 4.70. The highest BCUT2D eigenvalue weighted by molar-refractivity contribution is 6.31. The predicted octanol–water partition coefficient (Wildman–Crippen LogP) is 0.609. The van der Waals surface area contributed by atoms with E-state index in [1.807, 2.05) is 30.3 Å². The van der Waals surface area contributed by atoms with Crippen molar-refractivity contribution in [1.29, 1.82) is 0 Å². The Bertz CT molecular complexity index is 697. The van der Waals surface area contributed by atoms with Gasteiger partial charge in [-0.25, -0.2) is 0 Å². The quantitative estimate of drug-likeness (QED) is 0.893. The first-order chi connectivity index (χ1) is 11.1. The normalized spacial score (nSPS) is 15.6. The predicted molar refractivity (Wildman–Crippen MR) is 88.8 cm³/mol. The summed E-state index contributed by atoms with van der Waals surface area (Å²) in [7, 11) is 0. The summed E-state index contributed by atoms with van der Waals surface area (Å²) in [5.41, 5.74) is 2.18. The van der Waals surface area contributed by atoms with Crippen LogP contribution in [0.5, 0.6) is 0 Å². The number of halogens is 1. The Labute approximate surface area is 140 Å². The number of carbonyl (C=O) groups is 1.